The molecule has 0 unspecified atom stereocenters. The summed E-state index contributed by atoms with van der Waals surface area (Å²) < 4.78 is 2.24. The van der Waals surface area contributed by atoms with Gasteiger partial charge in [0.15, 0.2) is 0 Å². The summed E-state index contributed by atoms with van der Waals surface area (Å²) in [6, 6.07) is 4.25. The number of hydrogen-bond donors (Lipinski definition) is 1. The van der Waals surface area contributed by atoms with Crippen LogP contribution in [0.5, 0.6) is 0 Å². The summed E-state index contributed by atoms with van der Waals surface area (Å²) in [5, 5.41) is 3.43. The van der Waals surface area contributed by atoms with E-state index in [4.69, 9.17) is 0 Å². The van der Waals surface area contributed by atoms with Gasteiger partial charge < -0.3 is 5.32 Å². The van der Waals surface area contributed by atoms with Crippen molar-refractivity contribution in [3.8, 4) is 0 Å². The normalized spacial score (nSPS) is 10.4. The summed E-state index contributed by atoms with van der Waals surface area (Å²) in [4.78, 5) is 0. The van der Waals surface area contributed by atoms with Crippen molar-refractivity contribution in [3.05, 3.63) is 26.6 Å². The monoisotopic (exact) mass is 351 g/mol. The number of hydrogen-bond acceptors (Lipinski definition) is 2. The number of benzene rings is 1. The maximum atomic E-state index is 3.57. The Morgan fingerprint density at radius 2 is 1.87 bits per heavy atom. The van der Waals surface area contributed by atoms with E-state index in [1.54, 1.807) is 0 Å². The zero-order valence-corrected chi connectivity index (χ0v) is 12.9. The molecular formula is C11H15Br2NS. The molecule has 0 heterocycles. The van der Waals surface area contributed by atoms with E-state index >= 15 is 0 Å². The van der Waals surface area contributed by atoms with Gasteiger partial charge in [-0.1, -0.05) is 6.92 Å². The first kappa shape index (κ1) is 13.4. The molecule has 84 valence electrons. The Hall–Kier alpha value is 0.330. The Labute approximate surface area is 113 Å². The molecule has 0 bridgehead atoms. The molecule has 0 amide bonds. The topological polar surface area (TPSA) is 12.0 Å². The van der Waals surface area contributed by atoms with Crippen LogP contribution in [-0.2, 0) is 0 Å². The van der Waals surface area contributed by atoms with E-state index in [0.29, 0.717) is 0 Å². The van der Waals surface area contributed by atoms with Crippen LogP contribution in [0.15, 0.2) is 21.1 Å². The van der Waals surface area contributed by atoms with Gasteiger partial charge >= 0.3 is 0 Å². The number of anilines is 1. The molecule has 1 aromatic rings. The van der Waals surface area contributed by atoms with Gasteiger partial charge in [0.05, 0.1) is 5.69 Å². The third-order valence-corrected chi connectivity index (χ3v) is 4.09. The standard InChI is InChI=1S/C11H15Br2NS/c1-3-15-5-4-14-11-9(12)6-8(2)7-10(11)13/h6-7,14H,3-5H2,1-2H3. The van der Waals surface area contributed by atoms with Gasteiger partial charge in [-0.15, -0.1) is 0 Å². The summed E-state index contributed by atoms with van der Waals surface area (Å²) in [6.45, 7) is 5.27. The highest BCUT2D eigenvalue weighted by Gasteiger charge is 2.04. The smallest absolute Gasteiger partial charge is 0.0629 e. The zero-order valence-electron chi connectivity index (χ0n) is 8.94. The van der Waals surface area contributed by atoms with Crippen molar-refractivity contribution < 1.29 is 0 Å². The minimum atomic E-state index is 0.999. The maximum absolute atomic E-state index is 3.57. The lowest BCUT2D eigenvalue weighted by Crippen LogP contribution is -2.05. The molecule has 4 heteroatoms. The van der Waals surface area contributed by atoms with Crippen LogP contribution in [0.3, 0.4) is 0 Å². The average molecular weight is 353 g/mol. The summed E-state index contributed by atoms with van der Waals surface area (Å²) in [7, 11) is 0. The van der Waals surface area contributed by atoms with Gasteiger partial charge in [-0.05, 0) is 62.2 Å². The van der Waals surface area contributed by atoms with E-state index in [1.165, 1.54) is 11.3 Å². The largest absolute Gasteiger partial charge is 0.382 e. The Kier molecular flexibility index (Phi) is 6.09. The van der Waals surface area contributed by atoms with Gasteiger partial charge in [-0.2, -0.15) is 11.8 Å². The van der Waals surface area contributed by atoms with E-state index in [9.17, 15) is 0 Å². The van der Waals surface area contributed by atoms with Gasteiger partial charge in [0, 0.05) is 21.2 Å². The fourth-order valence-corrected chi connectivity index (χ4v) is 3.49. The Bertz CT molecular complexity index is 305. The molecule has 0 saturated carbocycles. The van der Waals surface area contributed by atoms with Gasteiger partial charge in [-0.3, -0.25) is 0 Å². The first-order valence-corrected chi connectivity index (χ1v) is 7.66. The number of rotatable bonds is 5. The minimum absolute atomic E-state index is 0.999. The highest BCUT2D eigenvalue weighted by molar-refractivity contribution is 9.11. The molecule has 0 aliphatic rings. The van der Waals surface area contributed by atoms with Crippen LogP contribution in [0.25, 0.3) is 0 Å². The molecule has 0 aromatic heterocycles. The number of thioether (sulfide) groups is 1. The first-order valence-electron chi connectivity index (χ1n) is 4.92. The fraction of sp³-hybridized carbons (Fsp3) is 0.455. The lowest BCUT2D eigenvalue weighted by molar-refractivity contribution is 1.21. The predicted molar refractivity (Wildman–Crippen MR) is 78.1 cm³/mol. The highest BCUT2D eigenvalue weighted by Crippen LogP contribution is 2.32. The van der Waals surface area contributed by atoms with Crippen LogP contribution >= 0.6 is 43.6 Å². The maximum Gasteiger partial charge on any atom is 0.0629 e. The molecule has 0 atom stereocenters. The summed E-state index contributed by atoms with van der Waals surface area (Å²) in [5.41, 5.74) is 2.40. The molecule has 1 nitrogen and oxygen atoms in total. The quantitative estimate of drug-likeness (QED) is 0.772. The molecular weight excluding hydrogens is 338 g/mol. The predicted octanol–water partition coefficient (Wildman–Crippen LogP) is 4.69. The Balaban J connectivity index is 2.60. The van der Waals surface area contributed by atoms with Crippen LogP contribution in [-0.4, -0.2) is 18.1 Å². The number of halogens is 2. The Morgan fingerprint density at radius 3 is 2.40 bits per heavy atom. The summed E-state index contributed by atoms with van der Waals surface area (Å²) in [5.74, 6) is 2.32. The third-order valence-electron chi connectivity index (χ3n) is 1.94. The van der Waals surface area contributed by atoms with E-state index in [-0.39, 0.29) is 0 Å². The van der Waals surface area contributed by atoms with E-state index < -0.39 is 0 Å². The summed E-state index contributed by atoms with van der Waals surface area (Å²) in [6.07, 6.45) is 0. The minimum Gasteiger partial charge on any atom is -0.382 e. The number of aryl methyl sites for hydroxylation is 1. The van der Waals surface area contributed by atoms with Gasteiger partial charge in [-0.25, -0.2) is 0 Å². The Morgan fingerprint density at radius 1 is 1.27 bits per heavy atom. The molecule has 1 N–H and O–H groups in total. The lowest BCUT2D eigenvalue weighted by atomic mass is 10.2. The fourth-order valence-electron chi connectivity index (χ4n) is 1.26. The lowest BCUT2D eigenvalue weighted by Gasteiger charge is -2.11. The first-order chi connectivity index (χ1) is 7.15. The van der Waals surface area contributed by atoms with Crippen molar-refractivity contribution in [1.29, 1.82) is 0 Å². The van der Waals surface area contributed by atoms with Crippen molar-refractivity contribution in [3.63, 3.8) is 0 Å². The van der Waals surface area contributed by atoms with Crippen LogP contribution in [0.4, 0.5) is 5.69 Å². The van der Waals surface area contributed by atoms with E-state index in [2.05, 4.69) is 63.2 Å². The van der Waals surface area contributed by atoms with Gasteiger partial charge in [0.1, 0.15) is 0 Å². The molecule has 1 aromatic carbocycles. The second-order valence-corrected chi connectivity index (χ2v) is 6.33. The zero-order chi connectivity index (χ0) is 11.3. The molecule has 0 saturated heterocycles. The van der Waals surface area contributed by atoms with Crippen molar-refractivity contribution in [2.24, 2.45) is 0 Å². The molecule has 0 aliphatic heterocycles. The molecule has 0 fully saturated rings. The molecule has 0 aliphatic carbocycles. The molecule has 0 radical (unpaired) electrons. The number of nitrogens with one attached hydrogen (secondary N) is 1. The molecule has 0 spiro atoms. The van der Waals surface area contributed by atoms with Crippen LogP contribution in [0.2, 0.25) is 0 Å². The van der Waals surface area contributed by atoms with Crippen LogP contribution in [0.1, 0.15) is 12.5 Å². The molecule has 1 rings (SSSR count). The van der Waals surface area contributed by atoms with Gasteiger partial charge in [0.25, 0.3) is 0 Å². The van der Waals surface area contributed by atoms with Crippen LogP contribution < -0.4 is 5.32 Å². The van der Waals surface area contributed by atoms with E-state index in [1.807, 2.05) is 11.8 Å². The second-order valence-electron chi connectivity index (χ2n) is 3.23. The molecule has 15 heavy (non-hydrogen) atoms. The SMILES string of the molecule is CCSCCNc1c(Br)cc(C)cc1Br. The highest BCUT2D eigenvalue weighted by atomic mass is 79.9. The van der Waals surface area contributed by atoms with Crippen molar-refractivity contribution in [2.75, 3.05) is 23.4 Å². The third kappa shape index (κ3) is 4.37. The van der Waals surface area contributed by atoms with Crippen molar-refractivity contribution in [2.45, 2.75) is 13.8 Å². The van der Waals surface area contributed by atoms with Crippen LogP contribution in [0, 0.1) is 6.92 Å². The second kappa shape index (κ2) is 6.81. The average Bonchev–Trinajstić information content (AvgIpc) is 2.15. The van der Waals surface area contributed by atoms with Gasteiger partial charge in [0.2, 0.25) is 0 Å². The van der Waals surface area contributed by atoms with Crippen molar-refractivity contribution in [1.82, 2.24) is 0 Å². The van der Waals surface area contributed by atoms with Crippen molar-refractivity contribution >= 4 is 49.3 Å². The van der Waals surface area contributed by atoms with E-state index in [0.717, 1.165) is 26.9 Å². The summed E-state index contributed by atoms with van der Waals surface area (Å²) >= 11 is 9.08.